The molecule has 0 spiro atoms. The van der Waals surface area contributed by atoms with Crippen LogP contribution >= 0.6 is 15.9 Å². The van der Waals surface area contributed by atoms with Gasteiger partial charge in [0, 0.05) is 5.69 Å². The average molecular weight is 325 g/mol. The van der Waals surface area contributed by atoms with E-state index in [1.165, 1.54) is 0 Å². The van der Waals surface area contributed by atoms with Crippen LogP contribution in [0.1, 0.15) is 16.3 Å². The van der Waals surface area contributed by atoms with Gasteiger partial charge in [0.15, 0.2) is 5.76 Å². The Morgan fingerprint density at radius 3 is 2.79 bits per heavy atom. The number of hydrogen-bond donors (Lipinski definition) is 2. The number of ether oxygens (including phenoxy) is 1. The first-order valence-electron chi connectivity index (χ1n) is 5.57. The molecule has 5 nitrogen and oxygen atoms in total. The molecule has 1 heterocycles. The SMILES string of the molecule is COc1ccc(NC(=O)c2ccc(CN)o2)cc1Br. The number of anilines is 1. The average Bonchev–Trinajstić information content (AvgIpc) is 2.88. The summed E-state index contributed by atoms with van der Waals surface area (Å²) < 4.78 is 11.1. The van der Waals surface area contributed by atoms with Gasteiger partial charge in [-0.05, 0) is 46.3 Å². The van der Waals surface area contributed by atoms with Gasteiger partial charge in [-0.1, -0.05) is 0 Å². The van der Waals surface area contributed by atoms with Crippen LogP contribution in [0.25, 0.3) is 0 Å². The number of halogens is 1. The maximum atomic E-state index is 11.9. The Kier molecular flexibility index (Phi) is 4.24. The lowest BCUT2D eigenvalue weighted by atomic mass is 10.3. The number of carbonyl (C=O) groups is 1. The first-order chi connectivity index (χ1) is 9.13. The number of hydrogen-bond acceptors (Lipinski definition) is 4. The molecule has 100 valence electrons. The molecule has 0 radical (unpaired) electrons. The zero-order valence-corrected chi connectivity index (χ0v) is 11.9. The van der Waals surface area contributed by atoms with Crippen molar-refractivity contribution < 1.29 is 13.9 Å². The molecule has 0 aliphatic rings. The summed E-state index contributed by atoms with van der Waals surface area (Å²) in [5.74, 6) is 1.17. The largest absolute Gasteiger partial charge is 0.496 e. The third-order valence-electron chi connectivity index (χ3n) is 2.50. The van der Waals surface area contributed by atoms with E-state index in [9.17, 15) is 4.79 Å². The van der Waals surface area contributed by atoms with Gasteiger partial charge in [0.2, 0.25) is 0 Å². The van der Waals surface area contributed by atoms with E-state index in [1.54, 1.807) is 37.4 Å². The van der Waals surface area contributed by atoms with Crippen molar-refractivity contribution >= 4 is 27.5 Å². The van der Waals surface area contributed by atoms with Crippen molar-refractivity contribution in [1.29, 1.82) is 0 Å². The highest BCUT2D eigenvalue weighted by Gasteiger charge is 2.11. The second-order valence-corrected chi connectivity index (χ2v) is 4.63. The molecule has 0 atom stereocenters. The molecule has 6 heteroatoms. The van der Waals surface area contributed by atoms with Gasteiger partial charge in [0.25, 0.3) is 5.91 Å². The minimum Gasteiger partial charge on any atom is -0.496 e. The summed E-state index contributed by atoms with van der Waals surface area (Å²) >= 11 is 3.35. The van der Waals surface area contributed by atoms with E-state index in [2.05, 4.69) is 21.2 Å². The zero-order chi connectivity index (χ0) is 13.8. The van der Waals surface area contributed by atoms with E-state index in [0.717, 1.165) is 4.47 Å². The van der Waals surface area contributed by atoms with E-state index in [1.807, 2.05) is 0 Å². The summed E-state index contributed by atoms with van der Waals surface area (Å²) in [5, 5.41) is 2.73. The van der Waals surface area contributed by atoms with Gasteiger partial charge in [0.1, 0.15) is 11.5 Å². The molecule has 2 rings (SSSR count). The normalized spacial score (nSPS) is 10.3. The van der Waals surface area contributed by atoms with Gasteiger partial charge >= 0.3 is 0 Å². The van der Waals surface area contributed by atoms with Crippen molar-refractivity contribution in [2.45, 2.75) is 6.54 Å². The monoisotopic (exact) mass is 324 g/mol. The summed E-state index contributed by atoms with van der Waals surface area (Å²) in [6, 6.07) is 8.53. The van der Waals surface area contributed by atoms with Gasteiger partial charge in [-0.15, -0.1) is 0 Å². The third kappa shape index (κ3) is 3.15. The Morgan fingerprint density at radius 2 is 2.21 bits per heavy atom. The summed E-state index contributed by atoms with van der Waals surface area (Å²) in [5.41, 5.74) is 6.06. The molecule has 0 aliphatic heterocycles. The molecular formula is C13H13BrN2O3. The quantitative estimate of drug-likeness (QED) is 0.906. The first-order valence-corrected chi connectivity index (χ1v) is 6.37. The topological polar surface area (TPSA) is 77.5 Å². The van der Waals surface area contributed by atoms with Crippen molar-refractivity contribution in [1.82, 2.24) is 0 Å². The maximum absolute atomic E-state index is 11.9. The number of nitrogens with one attached hydrogen (secondary N) is 1. The first kappa shape index (κ1) is 13.6. The number of rotatable bonds is 4. The number of carbonyl (C=O) groups excluding carboxylic acids is 1. The Hall–Kier alpha value is -1.79. The van der Waals surface area contributed by atoms with Crippen LogP contribution in [-0.4, -0.2) is 13.0 Å². The number of benzene rings is 1. The Labute approximate surface area is 118 Å². The minimum atomic E-state index is -0.322. The molecule has 0 fully saturated rings. The molecule has 3 N–H and O–H groups in total. The van der Waals surface area contributed by atoms with E-state index in [-0.39, 0.29) is 18.2 Å². The molecule has 1 aromatic heterocycles. The summed E-state index contributed by atoms with van der Waals surface area (Å²) in [6.07, 6.45) is 0. The number of furan rings is 1. The Bertz CT molecular complexity index is 595. The number of nitrogens with two attached hydrogens (primary N) is 1. The highest BCUT2D eigenvalue weighted by Crippen LogP contribution is 2.27. The van der Waals surface area contributed by atoms with Crippen molar-refractivity contribution in [2.24, 2.45) is 5.73 Å². The van der Waals surface area contributed by atoms with Crippen LogP contribution in [0, 0.1) is 0 Å². The van der Waals surface area contributed by atoms with Crippen LogP contribution in [0.5, 0.6) is 5.75 Å². The molecule has 0 saturated heterocycles. The fourth-order valence-electron chi connectivity index (χ4n) is 1.55. The van der Waals surface area contributed by atoms with Crippen LogP contribution < -0.4 is 15.8 Å². The van der Waals surface area contributed by atoms with Crippen LogP contribution in [0.4, 0.5) is 5.69 Å². The summed E-state index contributed by atoms with van der Waals surface area (Å²) in [6.45, 7) is 0.265. The van der Waals surface area contributed by atoms with E-state index in [0.29, 0.717) is 17.2 Å². The highest BCUT2D eigenvalue weighted by atomic mass is 79.9. The molecule has 1 amide bonds. The second kappa shape index (κ2) is 5.90. The molecule has 1 aromatic carbocycles. The van der Waals surface area contributed by atoms with Crippen molar-refractivity contribution in [2.75, 3.05) is 12.4 Å². The molecule has 0 aliphatic carbocycles. The van der Waals surface area contributed by atoms with Crippen molar-refractivity contribution in [3.8, 4) is 5.75 Å². The van der Waals surface area contributed by atoms with E-state index >= 15 is 0 Å². The lowest BCUT2D eigenvalue weighted by Crippen LogP contribution is -2.10. The van der Waals surface area contributed by atoms with Crippen molar-refractivity contribution in [3.05, 3.63) is 46.3 Å². The predicted octanol–water partition coefficient (Wildman–Crippen LogP) is 2.76. The van der Waals surface area contributed by atoms with E-state index < -0.39 is 0 Å². The standard InChI is InChI=1S/C13H13BrN2O3/c1-18-11-4-2-8(6-10(11)14)16-13(17)12-5-3-9(7-15)19-12/h2-6H,7,15H2,1H3,(H,16,17). The van der Waals surface area contributed by atoms with Crippen LogP contribution in [-0.2, 0) is 6.54 Å². The molecule has 2 aromatic rings. The Balaban J connectivity index is 2.12. The molecule has 19 heavy (non-hydrogen) atoms. The van der Waals surface area contributed by atoms with Gasteiger partial charge in [-0.2, -0.15) is 0 Å². The third-order valence-corrected chi connectivity index (χ3v) is 3.12. The van der Waals surface area contributed by atoms with Gasteiger partial charge < -0.3 is 20.2 Å². The van der Waals surface area contributed by atoms with Crippen LogP contribution in [0.2, 0.25) is 0 Å². The summed E-state index contributed by atoms with van der Waals surface area (Å²) in [7, 11) is 1.58. The predicted molar refractivity (Wildman–Crippen MR) is 75.2 cm³/mol. The lowest BCUT2D eigenvalue weighted by molar-refractivity contribution is 0.0995. The Morgan fingerprint density at radius 1 is 1.42 bits per heavy atom. The molecular weight excluding hydrogens is 312 g/mol. The molecule has 0 unspecified atom stereocenters. The van der Waals surface area contributed by atoms with Crippen LogP contribution in [0.15, 0.2) is 39.2 Å². The fourth-order valence-corrected chi connectivity index (χ4v) is 2.09. The van der Waals surface area contributed by atoms with Gasteiger partial charge in [0.05, 0.1) is 18.1 Å². The minimum absolute atomic E-state index is 0.229. The van der Waals surface area contributed by atoms with E-state index in [4.69, 9.17) is 14.9 Å². The number of amides is 1. The lowest BCUT2D eigenvalue weighted by Gasteiger charge is -2.07. The smallest absolute Gasteiger partial charge is 0.291 e. The second-order valence-electron chi connectivity index (χ2n) is 3.77. The van der Waals surface area contributed by atoms with Crippen molar-refractivity contribution in [3.63, 3.8) is 0 Å². The molecule has 0 saturated carbocycles. The maximum Gasteiger partial charge on any atom is 0.291 e. The van der Waals surface area contributed by atoms with Crippen LogP contribution in [0.3, 0.4) is 0 Å². The highest BCUT2D eigenvalue weighted by molar-refractivity contribution is 9.10. The summed E-state index contributed by atoms with van der Waals surface area (Å²) in [4.78, 5) is 11.9. The zero-order valence-electron chi connectivity index (χ0n) is 10.3. The molecule has 0 bridgehead atoms. The fraction of sp³-hybridized carbons (Fsp3) is 0.154. The van der Waals surface area contributed by atoms with Gasteiger partial charge in [-0.25, -0.2) is 0 Å². The van der Waals surface area contributed by atoms with Gasteiger partial charge in [-0.3, -0.25) is 4.79 Å². The number of methoxy groups -OCH3 is 1.